The van der Waals surface area contributed by atoms with E-state index in [0.717, 1.165) is 0 Å². The third kappa shape index (κ3) is 4.06. The van der Waals surface area contributed by atoms with E-state index in [-0.39, 0.29) is 11.5 Å². The first-order valence-electron chi connectivity index (χ1n) is 5.96. The van der Waals surface area contributed by atoms with Crippen LogP contribution in [0.15, 0.2) is 30.6 Å². The molecule has 0 spiro atoms. The molecule has 0 bridgehead atoms. The second kappa shape index (κ2) is 7.06. The lowest BCUT2D eigenvalue weighted by Gasteiger charge is -2.07. The Balaban J connectivity index is 1.91. The molecule has 3 N–H and O–H groups in total. The van der Waals surface area contributed by atoms with Crippen molar-refractivity contribution >= 4 is 46.6 Å². The monoisotopic (exact) mass is 340 g/mol. The van der Waals surface area contributed by atoms with Crippen LogP contribution in [-0.4, -0.2) is 28.5 Å². The molecule has 22 heavy (non-hydrogen) atoms. The van der Waals surface area contributed by atoms with Gasteiger partial charge in [-0.3, -0.25) is 4.79 Å². The Bertz CT molecular complexity index is 724. The standard InChI is InChI=1S/C13H10Cl2N4O3/c14-8-2-1-7(5-9(8)15)19-10(20)6-22-13(21)11-12(16)18-4-3-17-11/h1-5H,6H2,(H2,16,18)(H,19,20). The molecule has 0 aliphatic carbocycles. The third-order valence-electron chi connectivity index (χ3n) is 2.46. The lowest BCUT2D eigenvalue weighted by molar-refractivity contribution is -0.119. The van der Waals surface area contributed by atoms with Crippen molar-refractivity contribution in [2.45, 2.75) is 0 Å². The van der Waals surface area contributed by atoms with Gasteiger partial charge in [-0.2, -0.15) is 0 Å². The Hall–Kier alpha value is -2.38. The number of nitrogens with one attached hydrogen (secondary N) is 1. The molecule has 7 nitrogen and oxygen atoms in total. The number of benzene rings is 1. The first kappa shape index (κ1) is 16.0. The summed E-state index contributed by atoms with van der Waals surface area (Å²) in [6.45, 7) is -0.505. The minimum absolute atomic E-state index is 0.0719. The first-order valence-corrected chi connectivity index (χ1v) is 6.71. The summed E-state index contributed by atoms with van der Waals surface area (Å²) in [6, 6.07) is 4.57. The maximum absolute atomic E-state index is 11.7. The SMILES string of the molecule is Nc1nccnc1C(=O)OCC(=O)Nc1ccc(Cl)c(Cl)c1. The van der Waals surface area contributed by atoms with E-state index in [1.54, 1.807) is 6.07 Å². The van der Waals surface area contributed by atoms with Crippen molar-refractivity contribution in [3.8, 4) is 0 Å². The molecule has 0 radical (unpaired) electrons. The summed E-state index contributed by atoms with van der Waals surface area (Å²) in [4.78, 5) is 30.8. The molecule has 1 aromatic heterocycles. The fraction of sp³-hybridized carbons (Fsp3) is 0.0769. The molecular weight excluding hydrogens is 331 g/mol. The number of nitrogens with zero attached hydrogens (tertiary/aromatic N) is 2. The number of amides is 1. The van der Waals surface area contributed by atoms with Gasteiger partial charge in [-0.05, 0) is 18.2 Å². The molecule has 1 amide bonds. The van der Waals surface area contributed by atoms with Gasteiger partial charge in [0.15, 0.2) is 18.1 Å². The number of carbonyl (C=O) groups excluding carboxylic acids is 2. The summed E-state index contributed by atoms with van der Waals surface area (Å²) in [6.07, 6.45) is 2.63. The Morgan fingerprint density at radius 2 is 1.91 bits per heavy atom. The average Bonchev–Trinajstić information content (AvgIpc) is 2.49. The lowest BCUT2D eigenvalue weighted by atomic mass is 10.3. The van der Waals surface area contributed by atoms with Crippen LogP contribution in [0.3, 0.4) is 0 Å². The van der Waals surface area contributed by atoms with Crippen molar-refractivity contribution < 1.29 is 14.3 Å². The lowest BCUT2D eigenvalue weighted by Crippen LogP contribution is -2.22. The van der Waals surface area contributed by atoms with E-state index in [0.29, 0.717) is 15.7 Å². The maximum Gasteiger partial charge on any atom is 0.361 e. The van der Waals surface area contributed by atoms with Gasteiger partial charge in [0.2, 0.25) is 0 Å². The molecule has 0 saturated heterocycles. The van der Waals surface area contributed by atoms with Gasteiger partial charge in [0.1, 0.15) is 0 Å². The number of halogens is 2. The minimum Gasteiger partial charge on any atom is -0.451 e. The highest BCUT2D eigenvalue weighted by molar-refractivity contribution is 6.42. The Morgan fingerprint density at radius 1 is 1.18 bits per heavy atom. The van der Waals surface area contributed by atoms with E-state index < -0.39 is 18.5 Å². The number of hydrogen-bond donors (Lipinski definition) is 2. The van der Waals surface area contributed by atoms with Crippen LogP contribution in [0.1, 0.15) is 10.5 Å². The number of aromatic nitrogens is 2. The number of esters is 1. The third-order valence-corrected chi connectivity index (χ3v) is 3.20. The Kier molecular flexibility index (Phi) is 5.13. The minimum atomic E-state index is -0.838. The highest BCUT2D eigenvalue weighted by Crippen LogP contribution is 2.24. The molecule has 1 aromatic carbocycles. The van der Waals surface area contributed by atoms with Gasteiger partial charge < -0.3 is 15.8 Å². The second-order valence-electron chi connectivity index (χ2n) is 4.04. The van der Waals surface area contributed by atoms with Gasteiger partial charge in [0, 0.05) is 18.1 Å². The molecule has 0 saturated carbocycles. The summed E-state index contributed by atoms with van der Waals surface area (Å²) in [7, 11) is 0. The van der Waals surface area contributed by atoms with Crippen LogP contribution in [0.4, 0.5) is 11.5 Å². The van der Waals surface area contributed by atoms with Gasteiger partial charge in [0.25, 0.3) is 5.91 Å². The molecule has 0 unspecified atom stereocenters. The van der Waals surface area contributed by atoms with Gasteiger partial charge in [0.05, 0.1) is 10.0 Å². The average molecular weight is 341 g/mol. The summed E-state index contributed by atoms with van der Waals surface area (Å²) < 4.78 is 4.80. The van der Waals surface area contributed by atoms with E-state index >= 15 is 0 Å². The van der Waals surface area contributed by atoms with Crippen molar-refractivity contribution in [3.05, 3.63) is 46.3 Å². The largest absolute Gasteiger partial charge is 0.451 e. The van der Waals surface area contributed by atoms with Crippen molar-refractivity contribution in [1.29, 1.82) is 0 Å². The van der Waals surface area contributed by atoms with Crippen LogP contribution in [0.25, 0.3) is 0 Å². The zero-order valence-electron chi connectivity index (χ0n) is 11.0. The van der Waals surface area contributed by atoms with E-state index in [9.17, 15) is 9.59 Å². The molecule has 0 fully saturated rings. The topological polar surface area (TPSA) is 107 Å². The maximum atomic E-state index is 11.7. The molecule has 0 aliphatic rings. The van der Waals surface area contributed by atoms with Gasteiger partial charge in [-0.25, -0.2) is 14.8 Å². The van der Waals surface area contributed by atoms with Crippen LogP contribution in [0.5, 0.6) is 0 Å². The number of anilines is 2. The number of hydrogen-bond acceptors (Lipinski definition) is 6. The predicted octanol–water partition coefficient (Wildman–Crippen LogP) is 2.16. The Morgan fingerprint density at radius 3 is 2.59 bits per heavy atom. The fourth-order valence-electron chi connectivity index (χ4n) is 1.48. The van der Waals surface area contributed by atoms with Crippen LogP contribution >= 0.6 is 23.2 Å². The smallest absolute Gasteiger partial charge is 0.361 e. The van der Waals surface area contributed by atoms with Crippen molar-refractivity contribution in [3.63, 3.8) is 0 Å². The normalized spacial score (nSPS) is 10.1. The Labute approximate surface area is 135 Å². The van der Waals surface area contributed by atoms with Crippen LogP contribution in [0.2, 0.25) is 10.0 Å². The van der Waals surface area contributed by atoms with Crippen LogP contribution in [-0.2, 0) is 9.53 Å². The van der Waals surface area contributed by atoms with Crippen LogP contribution in [0, 0.1) is 0 Å². The van der Waals surface area contributed by atoms with Crippen molar-refractivity contribution in [2.75, 3.05) is 17.7 Å². The van der Waals surface area contributed by atoms with E-state index in [1.165, 1.54) is 24.5 Å². The molecular formula is C13H10Cl2N4O3. The zero-order chi connectivity index (χ0) is 16.1. The molecule has 0 atom stereocenters. The highest BCUT2D eigenvalue weighted by atomic mass is 35.5. The van der Waals surface area contributed by atoms with E-state index in [2.05, 4.69) is 15.3 Å². The molecule has 2 aromatic rings. The van der Waals surface area contributed by atoms with Crippen molar-refractivity contribution in [1.82, 2.24) is 9.97 Å². The molecule has 2 rings (SSSR count). The predicted molar refractivity (Wildman–Crippen MR) is 81.8 cm³/mol. The van der Waals surface area contributed by atoms with Crippen LogP contribution < -0.4 is 11.1 Å². The molecule has 1 heterocycles. The van der Waals surface area contributed by atoms with Crippen molar-refractivity contribution in [2.24, 2.45) is 0 Å². The van der Waals surface area contributed by atoms with E-state index in [4.69, 9.17) is 33.7 Å². The van der Waals surface area contributed by atoms with Gasteiger partial charge in [-0.15, -0.1) is 0 Å². The van der Waals surface area contributed by atoms with Gasteiger partial charge in [-0.1, -0.05) is 23.2 Å². The second-order valence-corrected chi connectivity index (χ2v) is 4.86. The molecule has 114 valence electrons. The number of ether oxygens (including phenoxy) is 1. The fourth-order valence-corrected chi connectivity index (χ4v) is 1.77. The highest BCUT2D eigenvalue weighted by Gasteiger charge is 2.15. The molecule has 0 aliphatic heterocycles. The summed E-state index contributed by atoms with van der Waals surface area (Å²) in [5.41, 5.74) is 5.76. The zero-order valence-corrected chi connectivity index (χ0v) is 12.6. The summed E-state index contributed by atoms with van der Waals surface area (Å²) in [5.74, 6) is -1.46. The van der Waals surface area contributed by atoms with Gasteiger partial charge >= 0.3 is 5.97 Å². The number of nitrogen functional groups attached to an aromatic ring is 1. The number of nitrogens with two attached hydrogens (primary N) is 1. The number of rotatable bonds is 4. The quantitative estimate of drug-likeness (QED) is 0.825. The number of carbonyl (C=O) groups is 2. The molecule has 9 heteroatoms. The summed E-state index contributed by atoms with van der Waals surface area (Å²) in [5, 5.41) is 3.17. The summed E-state index contributed by atoms with van der Waals surface area (Å²) >= 11 is 11.6. The first-order chi connectivity index (χ1) is 10.5. The van der Waals surface area contributed by atoms with E-state index in [1.807, 2.05) is 0 Å².